The minimum absolute atomic E-state index is 0.134. The van der Waals surface area contributed by atoms with Crippen LogP contribution in [0.15, 0.2) is 54.7 Å². The van der Waals surface area contributed by atoms with Crippen molar-refractivity contribution in [3.05, 3.63) is 71.7 Å². The molecular formula is C26H31FN4O2. The lowest BCUT2D eigenvalue weighted by Gasteiger charge is -2.35. The number of benzene rings is 2. The molecule has 1 fully saturated rings. The van der Waals surface area contributed by atoms with Gasteiger partial charge in [0.05, 0.1) is 5.54 Å². The lowest BCUT2D eigenvalue weighted by Crippen LogP contribution is -2.57. The summed E-state index contributed by atoms with van der Waals surface area (Å²) < 4.78 is 13.8. The molecule has 1 aromatic heterocycles. The van der Waals surface area contributed by atoms with Crippen LogP contribution in [0.1, 0.15) is 43.7 Å². The van der Waals surface area contributed by atoms with E-state index in [4.69, 9.17) is 5.73 Å². The maximum absolute atomic E-state index is 13.8. The van der Waals surface area contributed by atoms with E-state index in [0.717, 1.165) is 23.9 Å². The predicted octanol–water partition coefficient (Wildman–Crippen LogP) is 3.48. The third-order valence-electron chi connectivity index (χ3n) is 6.42. The molecule has 0 saturated carbocycles. The Hall–Kier alpha value is -3.19. The summed E-state index contributed by atoms with van der Waals surface area (Å²) in [5.41, 5.74) is 7.71. The van der Waals surface area contributed by atoms with Crippen molar-refractivity contribution in [1.29, 1.82) is 0 Å². The topological polar surface area (TPSA) is 91.2 Å². The fraction of sp³-hybridized carbons (Fsp3) is 0.385. The summed E-state index contributed by atoms with van der Waals surface area (Å²) in [5, 5.41) is 3.56. The van der Waals surface area contributed by atoms with Gasteiger partial charge in [0.25, 0.3) is 0 Å². The Morgan fingerprint density at radius 1 is 1.18 bits per heavy atom. The molecule has 33 heavy (non-hydrogen) atoms. The first-order chi connectivity index (χ1) is 15.7. The van der Waals surface area contributed by atoms with Crippen molar-refractivity contribution in [2.24, 2.45) is 5.73 Å². The molecule has 1 saturated heterocycles. The molecule has 0 spiro atoms. The first kappa shape index (κ1) is 23.0. The number of likely N-dealkylation sites (tertiary alicyclic amines) is 1. The number of fused-ring (bicyclic) bond motifs is 1. The van der Waals surface area contributed by atoms with Gasteiger partial charge < -0.3 is 20.9 Å². The summed E-state index contributed by atoms with van der Waals surface area (Å²) in [5.74, 6) is -0.458. The third kappa shape index (κ3) is 5.25. The summed E-state index contributed by atoms with van der Waals surface area (Å²) in [6.07, 6.45) is 3.77. The van der Waals surface area contributed by atoms with Crippen LogP contribution in [0.2, 0.25) is 0 Å². The summed E-state index contributed by atoms with van der Waals surface area (Å²) >= 11 is 0. The van der Waals surface area contributed by atoms with Crippen molar-refractivity contribution in [1.82, 2.24) is 15.2 Å². The summed E-state index contributed by atoms with van der Waals surface area (Å²) in [6.45, 7) is 4.46. The molecule has 7 heteroatoms. The molecule has 1 unspecified atom stereocenters. The van der Waals surface area contributed by atoms with Gasteiger partial charge in [0.15, 0.2) is 0 Å². The number of aromatic amines is 1. The quantitative estimate of drug-likeness (QED) is 0.537. The van der Waals surface area contributed by atoms with Crippen LogP contribution in [0.4, 0.5) is 4.39 Å². The van der Waals surface area contributed by atoms with Gasteiger partial charge in [-0.05, 0) is 61.9 Å². The number of rotatable bonds is 6. The molecular weight excluding hydrogens is 419 g/mol. The van der Waals surface area contributed by atoms with E-state index >= 15 is 0 Å². The molecule has 174 valence electrons. The summed E-state index contributed by atoms with van der Waals surface area (Å²) in [4.78, 5) is 31.1. The van der Waals surface area contributed by atoms with E-state index in [2.05, 4.69) is 22.4 Å². The van der Waals surface area contributed by atoms with Crippen LogP contribution >= 0.6 is 0 Å². The molecule has 2 amide bonds. The maximum atomic E-state index is 13.8. The van der Waals surface area contributed by atoms with E-state index in [-0.39, 0.29) is 18.1 Å². The molecule has 0 aliphatic carbocycles. The van der Waals surface area contributed by atoms with E-state index in [1.165, 1.54) is 17.7 Å². The fourth-order valence-electron chi connectivity index (χ4n) is 4.46. The molecule has 6 nitrogen and oxygen atoms in total. The zero-order valence-corrected chi connectivity index (χ0v) is 19.1. The van der Waals surface area contributed by atoms with E-state index in [0.29, 0.717) is 24.4 Å². The van der Waals surface area contributed by atoms with E-state index in [1.807, 2.05) is 23.1 Å². The van der Waals surface area contributed by atoms with Crippen LogP contribution in [-0.2, 0) is 16.0 Å². The number of hydrogen-bond acceptors (Lipinski definition) is 3. The highest BCUT2D eigenvalue weighted by Gasteiger charge is 2.33. The maximum Gasteiger partial charge on any atom is 0.245 e. The van der Waals surface area contributed by atoms with Gasteiger partial charge in [0, 0.05) is 36.6 Å². The Kier molecular flexibility index (Phi) is 6.51. The van der Waals surface area contributed by atoms with Crippen LogP contribution in [0.5, 0.6) is 0 Å². The van der Waals surface area contributed by atoms with Crippen LogP contribution in [0, 0.1) is 5.82 Å². The molecule has 0 bridgehead atoms. The average Bonchev–Trinajstić information content (AvgIpc) is 3.20. The average molecular weight is 451 g/mol. The first-order valence-corrected chi connectivity index (χ1v) is 11.4. The Bertz CT molecular complexity index is 1130. The van der Waals surface area contributed by atoms with Crippen LogP contribution in [0.3, 0.4) is 0 Å². The van der Waals surface area contributed by atoms with Gasteiger partial charge in [0.1, 0.15) is 11.9 Å². The highest BCUT2D eigenvalue weighted by Crippen LogP contribution is 2.28. The first-order valence-electron chi connectivity index (χ1n) is 11.4. The fourth-order valence-corrected chi connectivity index (χ4v) is 4.46. The number of aromatic nitrogens is 1. The number of H-pyrrole nitrogens is 1. The van der Waals surface area contributed by atoms with Crippen LogP contribution < -0.4 is 11.1 Å². The van der Waals surface area contributed by atoms with Gasteiger partial charge in [-0.2, -0.15) is 0 Å². The van der Waals surface area contributed by atoms with Crippen molar-refractivity contribution < 1.29 is 14.0 Å². The van der Waals surface area contributed by atoms with Gasteiger partial charge in [0.2, 0.25) is 11.8 Å². The molecule has 2 heterocycles. The Labute approximate surface area is 193 Å². The number of carbonyl (C=O) groups is 2. The second kappa shape index (κ2) is 9.35. The second-order valence-corrected chi connectivity index (χ2v) is 9.47. The van der Waals surface area contributed by atoms with E-state index in [1.54, 1.807) is 26.1 Å². The predicted molar refractivity (Wildman–Crippen MR) is 127 cm³/mol. The Balaban J connectivity index is 1.52. The number of nitrogens with one attached hydrogen (secondary N) is 2. The number of piperidine rings is 1. The van der Waals surface area contributed by atoms with Crippen molar-refractivity contribution in [2.75, 3.05) is 13.1 Å². The van der Waals surface area contributed by atoms with Gasteiger partial charge in [-0.15, -0.1) is 0 Å². The lowest BCUT2D eigenvalue weighted by molar-refractivity contribution is -0.138. The molecule has 2 aromatic carbocycles. The molecule has 0 radical (unpaired) electrons. The molecule has 4 rings (SSSR count). The molecule has 4 N–H and O–H groups in total. The summed E-state index contributed by atoms with van der Waals surface area (Å²) in [6, 6.07) is 14.1. The lowest BCUT2D eigenvalue weighted by atomic mass is 9.89. The van der Waals surface area contributed by atoms with E-state index < -0.39 is 17.5 Å². The highest BCUT2D eigenvalue weighted by atomic mass is 19.1. The number of nitrogens with zero attached hydrogens (tertiary/aromatic N) is 1. The minimum atomic E-state index is -1.12. The molecule has 1 aliphatic heterocycles. The van der Waals surface area contributed by atoms with Gasteiger partial charge in [-0.25, -0.2) is 4.39 Å². The van der Waals surface area contributed by atoms with Gasteiger partial charge in [-0.3, -0.25) is 9.59 Å². The van der Waals surface area contributed by atoms with Crippen molar-refractivity contribution in [3.8, 4) is 0 Å². The number of hydrogen-bond donors (Lipinski definition) is 3. The molecule has 1 atom stereocenters. The number of carbonyl (C=O) groups excluding carboxylic acids is 2. The zero-order chi connectivity index (χ0) is 23.6. The third-order valence-corrected chi connectivity index (χ3v) is 6.42. The standard InChI is InChI=1S/C26H31FN4O2/c1-26(2,28)25(33)30-23(14-19-16-29-22-9-8-20(27)15-21(19)22)24(32)31-12-10-18(11-13-31)17-6-4-3-5-7-17/h3-9,15-16,18,23,29H,10-14,28H2,1-2H3,(H,30,33). The largest absolute Gasteiger partial charge is 0.361 e. The smallest absolute Gasteiger partial charge is 0.245 e. The zero-order valence-electron chi connectivity index (χ0n) is 19.1. The van der Waals surface area contributed by atoms with Crippen LogP contribution in [-0.4, -0.2) is 46.4 Å². The second-order valence-electron chi connectivity index (χ2n) is 9.47. The number of amides is 2. The van der Waals surface area contributed by atoms with Crippen molar-refractivity contribution in [3.63, 3.8) is 0 Å². The van der Waals surface area contributed by atoms with Crippen molar-refractivity contribution >= 4 is 22.7 Å². The number of nitrogens with two attached hydrogens (primary N) is 1. The Morgan fingerprint density at radius 3 is 2.55 bits per heavy atom. The Morgan fingerprint density at radius 2 is 1.88 bits per heavy atom. The van der Waals surface area contributed by atoms with Gasteiger partial charge >= 0.3 is 0 Å². The van der Waals surface area contributed by atoms with E-state index in [9.17, 15) is 14.0 Å². The SMILES string of the molecule is CC(C)(N)C(=O)NC(Cc1c[nH]c2ccc(F)cc12)C(=O)N1CCC(c2ccccc2)CC1. The minimum Gasteiger partial charge on any atom is -0.361 e. The normalized spacial score (nSPS) is 16.1. The molecule has 1 aliphatic rings. The highest BCUT2D eigenvalue weighted by molar-refractivity contribution is 5.92. The number of halogens is 1. The van der Waals surface area contributed by atoms with Gasteiger partial charge in [-0.1, -0.05) is 30.3 Å². The summed E-state index contributed by atoms with van der Waals surface area (Å²) in [7, 11) is 0. The molecule has 3 aromatic rings. The monoisotopic (exact) mass is 450 g/mol. The van der Waals surface area contributed by atoms with Crippen molar-refractivity contribution in [2.45, 2.75) is 50.6 Å². The van der Waals surface area contributed by atoms with Crippen LogP contribution in [0.25, 0.3) is 10.9 Å².